The lowest BCUT2D eigenvalue weighted by Gasteiger charge is -2.29. The maximum atomic E-state index is 15.3. The Morgan fingerprint density at radius 3 is 2.78 bits per heavy atom. The van der Waals surface area contributed by atoms with E-state index in [2.05, 4.69) is 10.2 Å². The molecule has 0 unspecified atom stereocenters. The number of fused-ring (bicyclic) bond motifs is 2. The summed E-state index contributed by atoms with van der Waals surface area (Å²) in [6.45, 7) is 4.35. The number of aliphatic carboxylic acids is 1. The molecule has 1 aromatic carbocycles. The van der Waals surface area contributed by atoms with Crippen LogP contribution < -0.4 is 4.74 Å². The van der Waals surface area contributed by atoms with Crippen LogP contribution in [0.5, 0.6) is 5.75 Å². The molecule has 0 aliphatic heterocycles. The van der Waals surface area contributed by atoms with E-state index in [4.69, 9.17) is 14.5 Å². The van der Waals surface area contributed by atoms with E-state index in [1.54, 1.807) is 25.4 Å². The Morgan fingerprint density at radius 2 is 2.11 bits per heavy atom. The Bertz CT molecular complexity index is 1480. The number of carboxylic acids is 1. The maximum absolute atomic E-state index is 15.3. The highest BCUT2D eigenvalue weighted by Crippen LogP contribution is 2.50. The number of rotatable bonds is 7. The fourth-order valence-corrected chi connectivity index (χ4v) is 5.57. The number of nitrogens with one attached hydrogen (secondary N) is 1. The Kier molecular flexibility index (Phi) is 5.74. The number of halogens is 2. The third kappa shape index (κ3) is 3.71. The molecule has 1 saturated carbocycles. The molecule has 0 radical (unpaired) electrons. The molecular formula is C26H28F2N4O4. The first kappa shape index (κ1) is 24.2. The van der Waals surface area contributed by atoms with Gasteiger partial charge in [-0.1, -0.05) is 13.8 Å². The Morgan fingerprint density at radius 1 is 1.33 bits per heavy atom. The summed E-state index contributed by atoms with van der Waals surface area (Å²) < 4.78 is 42.5. The summed E-state index contributed by atoms with van der Waals surface area (Å²) in [4.78, 5) is 16.6. The summed E-state index contributed by atoms with van der Waals surface area (Å²) in [7, 11) is 3.01. The van der Waals surface area contributed by atoms with E-state index in [1.165, 1.54) is 13.2 Å². The van der Waals surface area contributed by atoms with Crippen molar-refractivity contribution in [3.8, 4) is 11.4 Å². The number of aromatic amines is 1. The number of ether oxygens (including phenoxy) is 2. The lowest BCUT2D eigenvalue weighted by atomic mass is 9.82. The minimum absolute atomic E-state index is 0.0817. The predicted octanol–water partition coefficient (Wildman–Crippen LogP) is 5.03. The number of alkyl halides is 1. The van der Waals surface area contributed by atoms with Gasteiger partial charge in [0.15, 0.2) is 17.2 Å². The molecule has 0 bridgehead atoms. The highest BCUT2D eigenvalue weighted by molar-refractivity contribution is 5.94. The van der Waals surface area contributed by atoms with Crippen molar-refractivity contribution in [3.63, 3.8) is 0 Å². The Labute approximate surface area is 206 Å². The largest absolute Gasteiger partial charge is 0.494 e. The third-order valence-corrected chi connectivity index (χ3v) is 7.17. The molecule has 0 saturated heterocycles. The number of methoxy groups -OCH3 is 2. The van der Waals surface area contributed by atoms with Crippen molar-refractivity contribution >= 4 is 28.0 Å². The van der Waals surface area contributed by atoms with E-state index < -0.39 is 28.8 Å². The van der Waals surface area contributed by atoms with Gasteiger partial charge in [-0.3, -0.25) is 5.10 Å². The molecule has 4 aromatic rings. The van der Waals surface area contributed by atoms with E-state index >= 15 is 4.39 Å². The number of aromatic nitrogens is 4. The van der Waals surface area contributed by atoms with Crippen LogP contribution in [0.25, 0.3) is 27.8 Å². The van der Waals surface area contributed by atoms with E-state index in [1.807, 2.05) is 24.5 Å². The number of carboxylic acid groups (broad SMARTS) is 1. The van der Waals surface area contributed by atoms with Gasteiger partial charge in [0.25, 0.3) is 0 Å². The standard InChI is InChI=1S/C26H28F2N4O4/c1-25(2,13-35-3)22-20(14-7-8-26(28,11-14)24(33)34)21-18(9-15-12-29-31-23(15)30-21)32(22)16-5-6-17(27)19(10-16)36-4/h5-6,9-10,12,14H,7-8,11,13H2,1-4H3,(H,33,34)(H,29,30,31)/t14-,26+/m1/s1. The molecule has 2 atom stereocenters. The zero-order valence-electron chi connectivity index (χ0n) is 20.6. The minimum atomic E-state index is -2.31. The number of hydrogen-bond donors (Lipinski definition) is 2. The second-order valence-electron chi connectivity index (χ2n) is 10.1. The second-order valence-corrected chi connectivity index (χ2v) is 10.1. The average Bonchev–Trinajstić information content (AvgIpc) is 3.53. The quantitative estimate of drug-likeness (QED) is 0.370. The van der Waals surface area contributed by atoms with Crippen LogP contribution in [0.15, 0.2) is 30.5 Å². The van der Waals surface area contributed by atoms with Crippen molar-refractivity contribution in [1.29, 1.82) is 0 Å². The third-order valence-electron chi connectivity index (χ3n) is 7.17. The molecule has 0 spiro atoms. The van der Waals surface area contributed by atoms with Crippen LogP contribution in [0, 0.1) is 5.82 Å². The normalized spacial score (nSPS) is 20.4. The summed E-state index contributed by atoms with van der Waals surface area (Å²) in [5, 5.41) is 17.3. The number of carbonyl (C=O) groups is 1. The van der Waals surface area contributed by atoms with Crippen molar-refractivity contribution in [2.75, 3.05) is 20.8 Å². The zero-order chi connectivity index (χ0) is 25.8. The topological polar surface area (TPSA) is 102 Å². The van der Waals surface area contributed by atoms with Gasteiger partial charge in [0.1, 0.15) is 0 Å². The van der Waals surface area contributed by atoms with E-state index in [9.17, 15) is 14.3 Å². The molecule has 3 heterocycles. The molecule has 1 fully saturated rings. The van der Waals surface area contributed by atoms with Gasteiger partial charge in [0, 0.05) is 40.9 Å². The number of hydrogen-bond acceptors (Lipinski definition) is 5. The molecule has 10 heteroatoms. The first-order valence-corrected chi connectivity index (χ1v) is 11.7. The van der Waals surface area contributed by atoms with Crippen molar-refractivity contribution in [2.45, 2.75) is 50.1 Å². The molecule has 8 nitrogen and oxygen atoms in total. The van der Waals surface area contributed by atoms with Gasteiger partial charge in [0.2, 0.25) is 5.67 Å². The van der Waals surface area contributed by atoms with Gasteiger partial charge in [-0.2, -0.15) is 5.10 Å². The molecule has 3 aromatic heterocycles. The minimum Gasteiger partial charge on any atom is -0.494 e. The van der Waals surface area contributed by atoms with Crippen LogP contribution in [0.3, 0.4) is 0 Å². The Balaban J connectivity index is 1.88. The second kappa shape index (κ2) is 8.55. The maximum Gasteiger partial charge on any atom is 0.341 e. The summed E-state index contributed by atoms with van der Waals surface area (Å²) in [5.41, 5.74) is 1.22. The van der Waals surface area contributed by atoms with Gasteiger partial charge in [-0.25, -0.2) is 18.6 Å². The van der Waals surface area contributed by atoms with Crippen molar-refractivity contribution in [3.05, 3.63) is 47.5 Å². The summed E-state index contributed by atoms with van der Waals surface area (Å²) in [5.74, 6) is -2.25. The number of H-pyrrole nitrogens is 1. The van der Waals surface area contributed by atoms with E-state index in [0.29, 0.717) is 29.9 Å². The SMILES string of the molecule is COCC(C)(C)c1c([C@@H]2CC[C@@](F)(C(=O)O)C2)c2nc3[nH]ncc3cc2n1-c1ccc(F)c(OC)c1. The fraction of sp³-hybridized carbons (Fsp3) is 0.423. The van der Waals surface area contributed by atoms with Gasteiger partial charge in [0.05, 0.1) is 30.9 Å². The van der Waals surface area contributed by atoms with Crippen LogP contribution in [0.2, 0.25) is 0 Å². The zero-order valence-corrected chi connectivity index (χ0v) is 20.6. The fourth-order valence-electron chi connectivity index (χ4n) is 5.57. The summed E-state index contributed by atoms with van der Waals surface area (Å²) in [6.07, 6.45) is 1.78. The van der Waals surface area contributed by atoms with E-state index in [0.717, 1.165) is 22.2 Å². The molecule has 0 amide bonds. The van der Waals surface area contributed by atoms with Crippen LogP contribution in [-0.2, 0) is 14.9 Å². The number of benzene rings is 1. The molecular weight excluding hydrogens is 470 g/mol. The van der Waals surface area contributed by atoms with Crippen molar-refractivity contribution in [1.82, 2.24) is 19.7 Å². The van der Waals surface area contributed by atoms with Gasteiger partial charge in [-0.05, 0) is 43.4 Å². The molecule has 1 aliphatic carbocycles. The summed E-state index contributed by atoms with van der Waals surface area (Å²) in [6, 6.07) is 6.53. The lowest BCUT2D eigenvalue weighted by Crippen LogP contribution is -2.31. The number of nitrogens with zero attached hydrogens (tertiary/aromatic N) is 3. The highest BCUT2D eigenvalue weighted by Gasteiger charge is 2.49. The van der Waals surface area contributed by atoms with Crippen LogP contribution >= 0.6 is 0 Å². The first-order chi connectivity index (χ1) is 17.1. The first-order valence-electron chi connectivity index (χ1n) is 11.7. The Hall–Kier alpha value is -3.53. The van der Waals surface area contributed by atoms with Crippen LogP contribution in [-0.4, -0.2) is 57.3 Å². The van der Waals surface area contributed by atoms with Crippen LogP contribution in [0.4, 0.5) is 8.78 Å². The average molecular weight is 499 g/mol. The molecule has 190 valence electrons. The highest BCUT2D eigenvalue weighted by atomic mass is 19.1. The van der Waals surface area contributed by atoms with Gasteiger partial charge < -0.3 is 19.1 Å². The smallest absolute Gasteiger partial charge is 0.341 e. The number of pyridine rings is 1. The monoisotopic (exact) mass is 498 g/mol. The van der Waals surface area contributed by atoms with Crippen molar-refractivity contribution < 1.29 is 28.2 Å². The van der Waals surface area contributed by atoms with E-state index in [-0.39, 0.29) is 18.6 Å². The molecule has 2 N–H and O–H groups in total. The predicted molar refractivity (Wildman–Crippen MR) is 130 cm³/mol. The molecule has 36 heavy (non-hydrogen) atoms. The van der Waals surface area contributed by atoms with Crippen LogP contribution in [0.1, 0.15) is 50.3 Å². The van der Waals surface area contributed by atoms with Gasteiger partial charge >= 0.3 is 5.97 Å². The van der Waals surface area contributed by atoms with Crippen molar-refractivity contribution in [2.24, 2.45) is 0 Å². The molecule has 1 aliphatic rings. The van der Waals surface area contributed by atoms with Gasteiger partial charge in [-0.15, -0.1) is 0 Å². The molecule has 5 rings (SSSR count). The summed E-state index contributed by atoms with van der Waals surface area (Å²) >= 11 is 0. The lowest BCUT2D eigenvalue weighted by molar-refractivity contribution is -0.150.